The van der Waals surface area contributed by atoms with E-state index < -0.39 is 5.60 Å². The predicted octanol–water partition coefficient (Wildman–Crippen LogP) is 2.99. The van der Waals surface area contributed by atoms with Crippen LogP contribution in [0.1, 0.15) is 44.1 Å². The maximum atomic E-state index is 12.5. The van der Waals surface area contributed by atoms with Crippen molar-refractivity contribution in [1.29, 1.82) is 0 Å². The Morgan fingerprint density at radius 2 is 2.22 bits per heavy atom. The molecule has 1 saturated carbocycles. The average molecular weight is 369 g/mol. The third-order valence-electron chi connectivity index (χ3n) is 5.95. The summed E-state index contributed by atoms with van der Waals surface area (Å²) in [4.78, 5) is 18.8. The van der Waals surface area contributed by atoms with Crippen LogP contribution in [-0.2, 0) is 11.2 Å². The van der Waals surface area contributed by atoms with Gasteiger partial charge in [0.2, 0.25) is 17.6 Å². The van der Waals surface area contributed by atoms with Crippen molar-refractivity contribution in [2.24, 2.45) is 11.8 Å². The number of likely N-dealkylation sites (tertiary alicyclic amines) is 1. The van der Waals surface area contributed by atoms with Crippen molar-refractivity contribution in [3.8, 4) is 11.4 Å². The van der Waals surface area contributed by atoms with Gasteiger partial charge in [-0.1, -0.05) is 35.8 Å². The van der Waals surface area contributed by atoms with Gasteiger partial charge in [-0.25, -0.2) is 0 Å². The van der Waals surface area contributed by atoms with Crippen LogP contribution in [0, 0.1) is 18.8 Å². The van der Waals surface area contributed by atoms with E-state index in [1.165, 1.54) is 0 Å². The number of carbonyl (C=O) groups is 1. The number of aliphatic hydroxyl groups is 1. The summed E-state index contributed by atoms with van der Waals surface area (Å²) in [7, 11) is 0. The van der Waals surface area contributed by atoms with Gasteiger partial charge in [0.15, 0.2) is 0 Å². The zero-order valence-corrected chi connectivity index (χ0v) is 16.0. The Balaban J connectivity index is 1.28. The molecule has 2 aromatic rings. The topological polar surface area (TPSA) is 79.5 Å². The van der Waals surface area contributed by atoms with Crippen molar-refractivity contribution < 1.29 is 14.4 Å². The van der Waals surface area contributed by atoms with Crippen molar-refractivity contribution in [2.75, 3.05) is 13.1 Å². The molecule has 1 N–H and O–H groups in total. The Labute approximate surface area is 159 Å². The number of aromatic nitrogens is 2. The maximum Gasteiger partial charge on any atom is 0.226 e. The van der Waals surface area contributed by atoms with Gasteiger partial charge in [-0.15, -0.1) is 0 Å². The van der Waals surface area contributed by atoms with Crippen molar-refractivity contribution in [3.63, 3.8) is 0 Å². The van der Waals surface area contributed by atoms with Gasteiger partial charge in [0.25, 0.3) is 0 Å². The average Bonchev–Trinajstić information content (AvgIpc) is 3.32. The molecule has 1 amide bonds. The van der Waals surface area contributed by atoms with Crippen LogP contribution in [0.25, 0.3) is 11.4 Å². The fourth-order valence-electron chi connectivity index (χ4n) is 4.13. The predicted molar refractivity (Wildman–Crippen MR) is 101 cm³/mol. The molecule has 2 heterocycles. The number of hydrogen-bond acceptors (Lipinski definition) is 5. The lowest BCUT2D eigenvalue weighted by Gasteiger charge is -2.26. The Morgan fingerprint density at radius 1 is 1.41 bits per heavy atom. The molecule has 1 aromatic carbocycles. The highest BCUT2D eigenvalue weighted by atomic mass is 16.5. The number of rotatable bonds is 6. The molecule has 6 heteroatoms. The van der Waals surface area contributed by atoms with Crippen LogP contribution in [0.2, 0.25) is 0 Å². The van der Waals surface area contributed by atoms with E-state index in [4.69, 9.17) is 4.52 Å². The van der Waals surface area contributed by atoms with E-state index in [2.05, 4.69) is 17.1 Å². The summed E-state index contributed by atoms with van der Waals surface area (Å²) in [6.07, 6.45) is 3.87. The highest BCUT2D eigenvalue weighted by Crippen LogP contribution is 2.47. The Bertz CT molecular complexity index is 830. The molecule has 0 bridgehead atoms. The van der Waals surface area contributed by atoms with Crippen molar-refractivity contribution in [3.05, 3.63) is 35.7 Å². The molecule has 1 aromatic heterocycles. The van der Waals surface area contributed by atoms with Gasteiger partial charge in [0, 0.05) is 37.4 Å². The molecule has 6 nitrogen and oxygen atoms in total. The summed E-state index contributed by atoms with van der Waals surface area (Å²) in [6.45, 7) is 5.22. The molecular weight excluding hydrogens is 342 g/mol. The standard InChI is InChI=1S/C21H27N3O3/c1-14-5-3-6-16(11-14)20-22-18(27-23-20)7-4-8-19(25)24-12-15(2)21(26,13-24)17-9-10-17/h3,5-6,11,15,17,26H,4,7-10,12-13H2,1-2H3/t15-,21+/m1/s1. The van der Waals surface area contributed by atoms with Crippen LogP contribution in [-0.4, -0.2) is 44.7 Å². The van der Waals surface area contributed by atoms with E-state index in [9.17, 15) is 9.90 Å². The smallest absolute Gasteiger partial charge is 0.226 e. The lowest BCUT2D eigenvalue weighted by Crippen LogP contribution is -2.40. The number of amides is 1. The van der Waals surface area contributed by atoms with E-state index >= 15 is 0 Å². The second kappa shape index (κ2) is 7.08. The molecule has 2 fully saturated rings. The quantitative estimate of drug-likeness (QED) is 0.847. The van der Waals surface area contributed by atoms with Gasteiger partial charge in [0.05, 0.1) is 5.60 Å². The third-order valence-corrected chi connectivity index (χ3v) is 5.95. The minimum Gasteiger partial charge on any atom is -0.387 e. The normalized spacial score (nSPS) is 25.1. The molecule has 0 unspecified atom stereocenters. The number of β-amino-alcohol motifs (C(OH)–C–C–N with tert-alkyl or cyclic N) is 1. The Hall–Kier alpha value is -2.21. The van der Waals surface area contributed by atoms with Gasteiger partial charge >= 0.3 is 0 Å². The molecule has 1 aliphatic heterocycles. The zero-order chi connectivity index (χ0) is 19.0. The van der Waals surface area contributed by atoms with Crippen LogP contribution >= 0.6 is 0 Å². The van der Waals surface area contributed by atoms with Gasteiger partial charge in [-0.05, 0) is 38.2 Å². The highest BCUT2D eigenvalue weighted by molar-refractivity contribution is 5.76. The number of hydrogen-bond donors (Lipinski definition) is 1. The SMILES string of the molecule is Cc1cccc(-c2noc(CCCC(=O)N3C[C@@H](C)[C@](O)(C4CC4)C3)n2)c1. The van der Waals surface area contributed by atoms with Crippen LogP contribution < -0.4 is 0 Å². The molecule has 144 valence electrons. The minimum atomic E-state index is -0.676. The van der Waals surface area contributed by atoms with Crippen molar-refractivity contribution in [1.82, 2.24) is 15.0 Å². The van der Waals surface area contributed by atoms with Crippen LogP contribution in [0.5, 0.6) is 0 Å². The highest BCUT2D eigenvalue weighted by Gasteiger charge is 2.53. The second-order valence-corrected chi connectivity index (χ2v) is 8.18. The molecule has 0 spiro atoms. The first-order chi connectivity index (χ1) is 13.0. The van der Waals surface area contributed by atoms with Crippen LogP contribution in [0.3, 0.4) is 0 Å². The van der Waals surface area contributed by atoms with Crippen LogP contribution in [0.4, 0.5) is 0 Å². The number of benzene rings is 1. The molecule has 1 saturated heterocycles. The molecule has 1 aliphatic carbocycles. The molecule has 2 atom stereocenters. The second-order valence-electron chi connectivity index (χ2n) is 8.18. The van der Waals surface area contributed by atoms with E-state index in [0.717, 1.165) is 24.0 Å². The molecule has 4 rings (SSSR count). The summed E-state index contributed by atoms with van der Waals surface area (Å²) >= 11 is 0. The number of aryl methyl sites for hydroxylation is 2. The largest absolute Gasteiger partial charge is 0.387 e. The number of carbonyl (C=O) groups excluding carboxylic acids is 1. The first kappa shape index (κ1) is 18.2. The van der Waals surface area contributed by atoms with Crippen LogP contribution in [0.15, 0.2) is 28.8 Å². The lowest BCUT2D eigenvalue weighted by atomic mass is 9.88. The van der Waals surface area contributed by atoms with Crippen molar-refractivity contribution in [2.45, 2.75) is 51.6 Å². The molecule has 27 heavy (non-hydrogen) atoms. The first-order valence-corrected chi connectivity index (χ1v) is 9.85. The maximum absolute atomic E-state index is 12.5. The van der Waals surface area contributed by atoms with Gasteiger partial charge < -0.3 is 14.5 Å². The summed E-state index contributed by atoms with van der Waals surface area (Å²) in [5.41, 5.74) is 1.41. The lowest BCUT2D eigenvalue weighted by molar-refractivity contribution is -0.131. The fourth-order valence-corrected chi connectivity index (χ4v) is 4.13. The van der Waals surface area contributed by atoms with E-state index in [0.29, 0.717) is 50.0 Å². The summed E-state index contributed by atoms with van der Waals surface area (Å²) < 4.78 is 5.33. The first-order valence-electron chi connectivity index (χ1n) is 9.85. The summed E-state index contributed by atoms with van der Waals surface area (Å²) in [6, 6.07) is 7.98. The summed E-state index contributed by atoms with van der Waals surface area (Å²) in [5, 5.41) is 14.9. The van der Waals surface area contributed by atoms with E-state index in [-0.39, 0.29) is 11.8 Å². The zero-order valence-electron chi connectivity index (χ0n) is 16.0. The monoisotopic (exact) mass is 369 g/mol. The third kappa shape index (κ3) is 3.76. The fraction of sp³-hybridized carbons (Fsp3) is 0.571. The van der Waals surface area contributed by atoms with E-state index in [1.54, 1.807) is 0 Å². The number of nitrogens with zero attached hydrogens (tertiary/aromatic N) is 3. The molecular formula is C21H27N3O3. The van der Waals surface area contributed by atoms with Gasteiger partial charge in [-0.3, -0.25) is 4.79 Å². The molecule has 0 radical (unpaired) electrons. The Kier molecular flexibility index (Phi) is 4.76. The van der Waals surface area contributed by atoms with Gasteiger partial charge in [0.1, 0.15) is 0 Å². The van der Waals surface area contributed by atoms with E-state index in [1.807, 2.05) is 36.1 Å². The van der Waals surface area contributed by atoms with Gasteiger partial charge in [-0.2, -0.15) is 4.98 Å². The summed E-state index contributed by atoms with van der Waals surface area (Å²) in [5.74, 6) is 1.79. The van der Waals surface area contributed by atoms with Crippen molar-refractivity contribution >= 4 is 5.91 Å². The molecule has 2 aliphatic rings. The minimum absolute atomic E-state index is 0.108. The Morgan fingerprint density at radius 3 is 2.96 bits per heavy atom.